The van der Waals surface area contributed by atoms with Gasteiger partial charge < -0.3 is 57.2 Å². The molecule has 0 aromatic carbocycles. The predicted octanol–water partition coefficient (Wildman–Crippen LogP) is -3.67. The van der Waals surface area contributed by atoms with Gasteiger partial charge in [0.1, 0.15) is 5.54 Å². The van der Waals surface area contributed by atoms with Crippen molar-refractivity contribution in [3.63, 3.8) is 0 Å². The summed E-state index contributed by atoms with van der Waals surface area (Å²) in [4.78, 5) is 58.8. The molecular weight excluding hydrogens is 552 g/mol. The summed E-state index contributed by atoms with van der Waals surface area (Å²) in [5, 5.41) is 19.5. The molecule has 0 saturated carbocycles. The molecule has 0 fully saturated rings. The van der Waals surface area contributed by atoms with Crippen LogP contribution in [0.25, 0.3) is 0 Å². The van der Waals surface area contributed by atoms with E-state index in [9.17, 15) is 24.0 Å². The Kier molecular flexibility index (Phi) is 24.0. The first kappa shape index (κ1) is 39.1. The lowest BCUT2D eigenvalue weighted by atomic mass is 10.0. The second kappa shape index (κ2) is 25.8. The third-order valence-corrected chi connectivity index (χ3v) is 5.51. The van der Waals surface area contributed by atoms with Crippen LogP contribution in [0.1, 0.15) is 32.1 Å². The molecule has 0 unspecified atom stereocenters. The van der Waals surface area contributed by atoms with Crippen LogP contribution in [0, 0.1) is 0 Å². The third-order valence-electron chi connectivity index (χ3n) is 5.51. The van der Waals surface area contributed by atoms with E-state index in [1.54, 1.807) is 21.1 Å². The van der Waals surface area contributed by atoms with E-state index in [4.69, 9.17) is 19.9 Å². The van der Waals surface area contributed by atoms with Gasteiger partial charge in [0.2, 0.25) is 29.5 Å². The maximum absolute atomic E-state index is 12.7. The van der Waals surface area contributed by atoms with E-state index in [1.165, 1.54) is 0 Å². The lowest BCUT2D eigenvalue weighted by molar-refractivity contribution is -0.130. The van der Waals surface area contributed by atoms with E-state index in [1.807, 2.05) is 0 Å². The van der Waals surface area contributed by atoms with Crippen molar-refractivity contribution in [3.8, 4) is 0 Å². The summed E-state index contributed by atoms with van der Waals surface area (Å²) in [5.74, 6) is -1.39. The molecule has 0 spiro atoms. The Labute approximate surface area is 248 Å². The maximum atomic E-state index is 12.7. The van der Waals surface area contributed by atoms with Gasteiger partial charge in [-0.2, -0.15) is 0 Å². The third kappa shape index (κ3) is 22.8. The van der Waals surface area contributed by atoms with Gasteiger partial charge in [0.15, 0.2) is 0 Å². The van der Waals surface area contributed by atoms with Crippen molar-refractivity contribution in [1.29, 1.82) is 0 Å². The molecule has 16 heteroatoms. The predicted molar refractivity (Wildman–Crippen MR) is 156 cm³/mol. The largest absolute Gasteiger partial charge is 0.379 e. The zero-order chi connectivity index (χ0) is 31.5. The van der Waals surface area contributed by atoms with Gasteiger partial charge in [-0.1, -0.05) is 0 Å². The number of amides is 5. The first-order valence-electron chi connectivity index (χ1n) is 14.2. The average Bonchev–Trinajstić information content (AvgIpc) is 2.93. The van der Waals surface area contributed by atoms with Gasteiger partial charge in [-0.25, -0.2) is 0 Å². The summed E-state index contributed by atoms with van der Waals surface area (Å²) in [6.45, 7) is 2.93. The van der Waals surface area contributed by atoms with Crippen LogP contribution in [0.2, 0.25) is 0 Å². The minimum Gasteiger partial charge on any atom is -0.379 e. The van der Waals surface area contributed by atoms with Crippen molar-refractivity contribution in [2.45, 2.75) is 37.6 Å². The fraction of sp³-hybridized carbons (Fsp3) is 0.808. The number of hydrogen-bond donors (Lipinski definition) is 8. The first-order chi connectivity index (χ1) is 20.2. The van der Waals surface area contributed by atoms with Crippen molar-refractivity contribution in [2.75, 3.05) is 100 Å². The number of rotatable bonds is 28. The molecule has 0 rings (SSSR count). The summed E-state index contributed by atoms with van der Waals surface area (Å²) >= 11 is 0. The fourth-order valence-corrected chi connectivity index (χ4v) is 3.51. The second-order valence-corrected chi connectivity index (χ2v) is 9.65. The number of likely N-dealkylation sites (N-methyl/N-ethyl adjacent to an activating group) is 3. The molecule has 0 aliphatic carbocycles. The average molecular weight is 605 g/mol. The molecule has 42 heavy (non-hydrogen) atoms. The maximum Gasteiger partial charge on any atom is 0.233 e. The molecule has 0 aromatic heterocycles. The molecule has 0 heterocycles. The van der Waals surface area contributed by atoms with Crippen molar-refractivity contribution >= 4 is 29.5 Å². The molecule has 0 bridgehead atoms. The number of carbonyl (C=O) groups excluding carboxylic acids is 5. The van der Waals surface area contributed by atoms with E-state index in [2.05, 4.69) is 37.2 Å². The van der Waals surface area contributed by atoms with Crippen LogP contribution in [0.3, 0.4) is 0 Å². The van der Waals surface area contributed by atoms with Crippen LogP contribution >= 0.6 is 0 Å². The zero-order valence-electron chi connectivity index (χ0n) is 25.4. The quantitative estimate of drug-likeness (QED) is 0.0406. The van der Waals surface area contributed by atoms with Crippen LogP contribution in [-0.4, -0.2) is 135 Å². The van der Waals surface area contributed by atoms with Crippen LogP contribution in [0.15, 0.2) is 0 Å². The van der Waals surface area contributed by atoms with Gasteiger partial charge in [-0.3, -0.25) is 24.0 Å². The highest BCUT2D eigenvalue weighted by Crippen LogP contribution is 2.11. The topological polar surface area (TPSA) is 223 Å². The van der Waals surface area contributed by atoms with Crippen molar-refractivity contribution < 1.29 is 38.2 Å². The lowest BCUT2D eigenvalue weighted by Gasteiger charge is -2.34. The van der Waals surface area contributed by atoms with E-state index < -0.39 is 17.4 Å². The number of nitrogens with two attached hydrogens (primary N) is 1. The molecule has 16 nitrogen and oxygen atoms in total. The SMILES string of the molecule is CNCC(=O)NCCCOCC(COCCCNC(=O)CNC)(COCCCNC(=O)CNC)NC(=O)CCC(N)=O. The highest BCUT2D eigenvalue weighted by molar-refractivity contribution is 5.83. The fourth-order valence-electron chi connectivity index (χ4n) is 3.51. The number of ether oxygens (including phenoxy) is 3. The number of primary amides is 1. The van der Waals surface area contributed by atoms with Crippen LogP contribution < -0.4 is 43.0 Å². The standard InChI is InChI=1S/C26H52N8O8/c1-28-15-23(37)31-9-4-12-40-18-26(34-22(36)8-7-21(27)35,19-41-13-5-10-32-24(38)16-29-2)20-42-14-6-11-33-25(39)17-30-3/h28-30H,4-20H2,1-3H3,(H2,27,35)(H,31,37)(H,32,38)(H,33,39)(H,34,36). The minimum atomic E-state index is -1.09. The summed E-state index contributed by atoms with van der Waals surface area (Å²) in [6.07, 6.45) is 1.41. The normalized spacial score (nSPS) is 11.1. The molecule has 0 aromatic rings. The number of hydrogen-bond acceptors (Lipinski definition) is 11. The molecular formula is C26H52N8O8. The molecule has 0 saturated heterocycles. The van der Waals surface area contributed by atoms with Crippen molar-refractivity contribution in [1.82, 2.24) is 37.2 Å². The number of nitrogens with one attached hydrogen (secondary N) is 7. The molecule has 0 aliphatic heterocycles. The Morgan fingerprint density at radius 1 is 0.571 bits per heavy atom. The van der Waals surface area contributed by atoms with Gasteiger partial charge in [0, 0.05) is 52.3 Å². The summed E-state index contributed by atoms with van der Waals surface area (Å²) < 4.78 is 17.6. The Morgan fingerprint density at radius 2 is 0.929 bits per heavy atom. The van der Waals surface area contributed by atoms with Gasteiger partial charge >= 0.3 is 0 Å². The van der Waals surface area contributed by atoms with Gasteiger partial charge in [-0.05, 0) is 40.4 Å². The van der Waals surface area contributed by atoms with Crippen molar-refractivity contribution in [2.24, 2.45) is 5.73 Å². The zero-order valence-corrected chi connectivity index (χ0v) is 25.4. The summed E-state index contributed by atoms with van der Waals surface area (Å²) in [7, 11) is 5.05. The van der Waals surface area contributed by atoms with E-state index in [-0.39, 0.29) is 70.0 Å². The van der Waals surface area contributed by atoms with Crippen LogP contribution in [0.5, 0.6) is 0 Å². The molecule has 0 radical (unpaired) electrons. The van der Waals surface area contributed by atoms with Gasteiger partial charge in [0.05, 0.1) is 39.5 Å². The Balaban J connectivity index is 5.17. The van der Waals surface area contributed by atoms with E-state index in [0.29, 0.717) is 58.7 Å². The Hall–Kier alpha value is -2.89. The molecule has 0 atom stereocenters. The van der Waals surface area contributed by atoms with Crippen LogP contribution in [-0.2, 0) is 38.2 Å². The smallest absolute Gasteiger partial charge is 0.233 e. The molecule has 5 amide bonds. The molecule has 0 aliphatic rings. The monoisotopic (exact) mass is 604 g/mol. The van der Waals surface area contributed by atoms with E-state index in [0.717, 1.165) is 0 Å². The Morgan fingerprint density at radius 3 is 1.24 bits per heavy atom. The van der Waals surface area contributed by atoms with Gasteiger partial charge in [-0.15, -0.1) is 0 Å². The summed E-state index contributed by atoms with van der Waals surface area (Å²) in [6, 6.07) is 0. The number of carbonyl (C=O) groups is 5. The van der Waals surface area contributed by atoms with Gasteiger partial charge in [0.25, 0.3) is 0 Å². The molecule has 244 valence electrons. The van der Waals surface area contributed by atoms with Crippen LogP contribution in [0.4, 0.5) is 0 Å². The lowest BCUT2D eigenvalue weighted by Crippen LogP contribution is -2.58. The summed E-state index contributed by atoms with van der Waals surface area (Å²) in [5.41, 5.74) is 4.12. The van der Waals surface area contributed by atoms with Crippen molar-refractivity contribution in [3.05, 3.63) is 0 Å². The molecule has 9 N–H and O–H groups in total. The highest BCUT2D eigenvalue weighted by Gasteiger charge is 2.33. The van der Waals surface area contributed by atoms with E-state index >= 15 is 0 Å². The Bertz CT molecular complexity index is 713. The second-order valence-electron chi connectivity index (χ2n) is 9.65. The first-order valence-corrected chi connectivity index (χ1v) is 14.2. The highest BCUT2D eigenvalue weighted by atomic mass is 16.5. The minimum absolute atomic E-state index is 0.0393.